The molecule has 0 N–H and O–H groups in total. The van der Waals surface area contributed by atoms with Gasteiger partial charge >= 0.3 is 0 Å². The second-order valence-corrected chi connectivity index (χ2v) is 4.78. The number of aryl methyl sites for hydroxylation is 1. The first-order chi connectivity index (χ1) is 8.29. The minimum atomic E-state index is 1.05. The van der Waals surface area contributed by atoms with Gasteiger partial charge in [0.1, 0.15) is 0 Å². The highest BCUT2D eigenvalue weighted by molar-refractivity contribution is 5.66. The summed E-state index contributed by atoms with van der Waals surface area (Å²) in [5, 5.41) is 0. The van der Waals surface area contributed by atoms with E-state index in [2.05, 4.69) is 44.7 Å². The smallest absolute Gasteiger partial charge is 0.0198 e. The van der Waals surface area contributed by atoms with Gasteiger partial charge in [-0.05, 0) is 36.0 Å². The number of hydrogen-bond acceptors (Lipinski definition) is 0. The Morgan fingerprint density at radius 3 is 2.41 bits per heavy atom. The molecule has 1 aromatic carbocycles. The second kappa shape index (κ2) is 8.11. The Balaban J connectivity index is 2.49. The quantitative estimate of drug-likeness (QED) is 0.508. The van der Waals surface area contributed by atoms with Gasteiger partial charge in [0.15, 0.2) is 0 Å². The Morgan fingerprint density at radius 1 is 1.00 bits per heavy atom. The van der Waals surface area contributed by atoms with Crippen LogP contribution in [-0.2, 0) is 6.42 Å². The van der Waals surface area contributed by atoms with Crippen LogP contribution in [0.5, 0.6) is 0 Å². The van der Waals surface area contributed by atoms with E-state index in [1.54, 1.807) is 0 Å². The lowest BCUT2D eigenvalue weighted by Gasteiger charge is -2.10. The zero-order valence-electron chi connectivity index (χ0n) is 11.5. The predicted molar refractivity (Wildman–Crippen MR) is 78.2 cm³/mol. The van der Waals surface area contributed by atoms with E-state index < -0.39 is 0 Å². The molecule has 0 aliphatic carbocycles. The minimum Gasteiger partial charge on any atom is -0.0952 e. The molecule has 0 amide bonds. The molecule has 0 radical (unpaired) electrons. The van der Waals surface area contributed by atoms with Crippen LogP contribution in [0.2, 0.25) is 0 Å². The Hall–Kier alpha value is -1.04. The zero-order valence-corrected chi connectivity index (χ0v) is 11.5. The van der Waals surface area contributed by atoms with Gasteiger partial charge in [-0.3, -0.25) is 0 Å². The summed E-state index contributed by atoms with van der Waals surface area (Å²) in [4.78, 5) is 0. The topological polar surface area (TPSA) is 0 Å². The molecule has 94 valence electrons. The lowest BCUT2D eigenvalue weighted by atomic mass is 9.95. The van der Waals surface area contributed by atoms with Gasteiger partial charge < -0.3 is 0 Å². The van der Waals surface area contributed by atoms with Crippen LogP contribution < -0.4 is 0 Å². The molecule has 0 bridgehead atoms. The average molecular weight is 230 g/mol. The van der Waals surface area contributed by atoms with Gasteiger partial charge in [0.25, 0.3) is 0 Å². The number of unbranched alkanes of at least 4 members (excludes halogenated alkanes) is 4. The largest absolute Gasteiger partial charge is 0.0952 e. The Bertz CT molecular complexity index is 336. The number of rotatable bonds is 8. The third-order valence-corrected chi connectivity index (χ3v) is 3.37. The molecule has 0 nitrogen and oxygen atoms in total. The third kappa shape index (κ3) is 4.77. The average Bonchev–Trinajstić information content (AvgIpc) is 2.38. The molecule has 1 aromatic rings. The third-order valence-electron chi connectivity index (χ3n) is 3.37. The molecule has 0 aliphatic heterocycles. The SMILES string of the molecule is C=C(CC)c1ccccc1CCCCCCC. The van der Waals surface area contributed by atoms with Crippen LogP contribution in [0.25, 0.3) is 5.57 Å². The van der Waals surface area contributed by atoms with Crippen molar-refractivity contribution in [3.8, 4) is 0 Å². The lowest BCUT2D eigenvalue weighted by Crippen LogP contribution is -1.93. The first kappa shape index (κ1) is 14.0. The summed E-state index contributed by atoms with van der Waals surface area (Å²) in [5.74, 6) is 0. The van der Waals surface area contributed by atoms with E-state index in [1.165, 1.54) is 55.2 Å². The van der Waals surface area contributed by atoms with Gasteiger partial charge in [0.2, 0.25) is 0 Å². The van der Waals surface area contributed by atoms with Gasteiger partial charge in [-0.2, -0.15) is 0 Å². The zero-order chi connectivity index (χ0) is 12.5. The van der Waals surface area contributed by atoms with Crippen LogP contribution in [0, 0.1) is 0 Å². The van der Waals surface area contributed by atoms with Crippen LogP contribution in [0.3, 0.4) is 0 Å². The molecule has 17 heavy (non-hydrogen) atoms. The van der Waals surface area contributed by atoms with Crippen LogP contribution in [0.15, 0.2) is 30.8 Å². The highest BCUT2D eigenvalue weighted by Gasteiger charge is 2.03. The first-order valence-electron chi connectivity index (χ1n) is 7.05. The number of hydrogen-bond donors (Lipinski definition) is 0. The highest BCUT2D eigenvalue weighted by Crippen LogP contribution is 2.22. The molecule has 0 unspecified atom stereocenters. The van der Waals surface area contributed by atoms with Gasteiger partial charge in [0.05, 0.1) is 0 Å². The fourth-order valence-corrected chi connectivity index (χ4v) is 2.19. The van der Waals surface area contributed by atoms with Crippen LogP contribution >= 0.6 is 0 Å². The predicted octanol–water partition coefficient (Wildman–Crippen LogP) is 5.62. The van der Waals surface area contributed by atoms with Crippen molar-refractivity contribution < 1.29 is 0 Å². The fourth-order valence-electron chi connectivity index (χ4n) is 2.19. The summed E-state index contributed by atoms with van der Waals surface area (Å²) < 4.78 is 0. The van der Waals surface area contributed by atoms with Crippen molar-refractivity contribution in [2.24, 2.45) is 0 Å². The van der Waals surface area contributed by atoms with Crippen LogP contribution in [0.1, 0.15) is 63.5 Å². The van der Waals surface area contributed by atoms with Crippen molar-refractivity contribution in [1.29, 1.82) is 0 Å². The standard InChI is InChI=1S/C17H26/c1-4-6-7-8-9-12-16-13-10-11-14-17(16)15(3)5-2/h10-11,13-14H,3-9,12H2,1-2H3. The number of allylic oxidation sites excluding steroid dienone is 1. The van der Waals surface area contributed by atoms with E-state index in [-0.39, 0.29) is 0 Å². The first-order valence-corrected chi connectivity index (χ1v) is 7.05. The van der Waals surface area contributed by atoms with Crippen molar-refractivity contribution in [2.45, 2.75) is 58.8 Å². The Kier molecular flexibility index (Phi) is 6.69. The van der Waals surface area contributed by atoms with E-state index in [9.17, 15) is 0 Å². The Labute approximate surface area is 107 Å². The van der Waals surface area contributed by atoms with E-state index in [0.29, 0.717) is 0 Å². The van der Waals surface area contributed by atoms with Crippen molar-refractivity contribution in [3.05, 3.63) is 42.0 Å². The van der Waals surface area contributed by atoms with E-state index in [1.807, 2.05) is 0 Å². The number of benzene rings is 1. The summed E-state index contributed by atoms with van der Waals surface area (Å²) >= 11 is 0. The summed E-state index contributed by atoms with van der Waals surface area (Å²) in [5.41, 5.74) is 4.13. The van der Waals surface area contributed by atoms with Crippen molar-refractivity contribution in [3.63, 3.8) is 0 Å². The van der Waals surface area contributed by atoms with E-state index >= 15 is 0 Å². The highest BCUT2D eigenvalue weighted by atomic mass is 14.1. The molecule has 0 saturated carbocycles. The molecular formula is C17H26. The summed E-state index contributed by atoms with van der Waals surface area (Å²) in [6.45, 7) is 8.61. The summed E-state index contributed by atoms with van der Waals surface area (Å²) in [6, 6.07) is 8.74. The van der Waals surface area contributed by atoms with Crippen LogP contribution in [-0.4, -0.2) is 0 Å². The fraction of sp³-hybridized carbons (Fsp3) is 0.529. The van der Waals surface area contributed by atoms with Crippen molar-refractivity contribution in [1.82, 2.24) is 0 Å². The minimum absolute atomic E-state index is 1.05. The van der Waals surface area contributed by atoms with Crippen molar-refractivity contribution in [2.75, 3.05) is 0 Å². The molecule has 1 rings (SSSR count). The molecule has 0 heteroatoms. The van der Waals surface area contributed by atoms with Gasteiger partial charge in [0, 0.05) is 0 Å². The maximum atomic E-state index is 4.16. The summed E-state index contributed by atoms with van der Waals surface area (Å²) in [7, 11) is 0. The van der Waals surface area contributed by atoms with Gasteiger partial charge in [-0.25, -0.2) is 0 Å². The van der Waals surface area contributed by atoms with Gasteiger partial charge in [-0.1, -0.05) is 70.4 Å². The second-order valence-electron chi connectivity index (χ2n) is 4.78. The maximum Gasteiger partial charge on any atom is -0.0198 e. The monoisotopic (exact) mass is 230 g/mol. The molecule has 0 fully saturated rings. The lowest BCUT2D eigenvalue weighted by molar-refractivity contribution is 0.632. The molecular weight excluding hydrogens is 204 g/mol. The molecule has 0 atom stereocenters. The van der Waals surface area contributed by atoms with Crippen LogP contribution in [0.4, 0.5) is 0 Å². The molecule has 0 saturated heterocycles. The normalized spacial score (nSPS) is 10.5. The Morgan fingerprint density at radius 2 is 1.71 bits per heavy atom. The van der Waals surface area contributed by atoms with E-state index in [0.717, 1.165) is 6.42 Å². The molecule has 0 aliphatic rings. The summed E-state index contributed by atoms with van der Waals surface area (Å²) in [6.07, 6.45) is 9.01. The maximum absolute atomic E-state index is 4.16. The molecule has 0 spiro atoms. The van der Waals surface area contributed by atoms with Gasteiger partial charge in [-0.15, -0.1) is 0 Å². The van der Waals surface area contributed by atoms with E-state index in [4.69, 9.17) is 0 Å². The van der Waals surface area contributed by atoms with Crippen molar-refractivity contribution >= 4 is 5.57 Å². The molecule has 0 aromatic heterocycles. The molecule has 0 heterocycles.